The largest absolute Gasteiger partial charge is 0.508 e. The molecule has 0 saturated carbocycles. The van der Waals surface area contributed by atoms with Gasteiger partial charge in [0.1, 0.15) is 23.9 Å². The summed E-state index contributed by atoms with van der Waals surface area (Å²) >= 11 is 0. The van der Waals surface area contributed by atoms with Crippen molar-refractivity contribution in [3.05, 3.63) is 48.4 Å². The maximum Gasteiger partial charge on any atom is 0.312 e. The van der Waals surface area contributed by atoms with Gasteiger partial charge in [-0.15, -0.1) is 0 Å². The van der Waals surface area contributed by atoms with Crippen LogP contribution in [0.1, 0.15) is 5.76 Å². The summed E-state index contributed by atoms with van der Waals surface area (Å²) in [5, 5.41) is 9.19. The van der Waals surface area contributed by atoms with E-state index in [-0.39, 0.29) is 18.3 Å². The van der Waals surface area contributed by atoms with Crippen molar-refractivity contribution in [3.8, 4) is 11.5 Å². The molecule has 1 aromatic carbocycles. The van der Waals surface area contributed by atoms with Gasteiger partial charge in [-0.2, -0.15) is 0 Å². The van der Waals surface area contributed by atoms with Crippen LogP contribution in [0.5, 0.6) is 11.5 Å². The molecule has 1 N–H and O–H groups in total. The second-order valence-electron chi connectivity index (χ2n) is 4.31. The summed E-state index contributed by atoms with van der Waals surface area (Å²) in [5.41, 5.74) is 0. The zero-order valence-electron chi connectivity index (χ0n) is 11.1. The van der Waals surface area contributed by atoms with Gasteiger partial charge in [0.25, 0.3) is 0 Å². The van der Waals surface area contributed by atoms with E-state index in [1.807, 2.05) is 0 Å². The summed E-state index contributed by atoms with van der Waals surface area (Å²) in [6, 6.07) is 9.89. The Kier molecular flexibility index (Phi) is 4.65. The summed E-state index contributed by atoms with van der Waals surface area (Å²) in [6.45, 7) is 0.179. The number of rotatable bonds is 6. The van der Waals surface area contributed by atoms with Crippen LogP contribution in [0.4, 0.5) is 0 Å². The number of hydrogen-bond donors (Lipinski definition) is 1. The zero-order chi connectivity index (χ0) is 14.4. The Labute approximate surface area is 116 Å². The smallest absolute Gasteiger partial charge is 0.312 e. The molecule has 0 aliphatic heterocycles. The molecule has 2 rings (SSSR count). The van der Waals surface area contributed by atoms with E-state index in [0.717, 1.165) is 0 Å². The highest BCUT2D eigenvalue weighted by molar-refractivity contribution is 5.72. The number of hydrogen-bond acceptors (Lipinski definition) is 5. The van der Waals surface area contributed by atoms with E-state index >= 15 is 0 Å². The molecule has 0 spiro atoms. The standard InChI is InChI=1S/C15H16O5/c1-18-15(17)11(9-14-3-2-8-19-14)10-20-13-6-4-12(16)5-7-13/h2-8,11,16H,9-10H2,1H3. The van der Waals surface area contributed by atoms with Crippen molar-refractivity contribution in [2.24, 2.45) is 5.92 Å². The van der Waals surface area contributed by atoms with Gasteiger partial charge in [0.05, 0.1) is 19.3 Å². The normalized spacial score (nSPS) is 11.8. The summed E-state index contributed by atoms with van der Waals surface area (Å²) in [6.07, 6.45) is 1.97. The second kappa shape index (κ2) is 6.65. The number of esters is 1. The number of benzene rings is 1. The molecule has 5 nitrogen and oxygen atoms in total. The number of phenols is 1. The van der Waals surface area contributed by atoms with E-state index < -0.39 is 5.92 Å². The Hall–Kier alpha value is -2.43. The minimum Gasteiger partial charge on any atom is -0.508 e. The van der Waals surface area contributed by atoms with Crippen molar-refractivity contribution in [3.63, 3.8) is 0 Å². The molecule has 2 aromatic rings. The van der Waals surface area contributed by atoms with Gasteiger partial charge in [0.15, 0.2) is 0 Å². The van der Waals surface area contributed by atoms with Crippen LogP contribution in [-0.2, 0) is 16.0 Å². The molecule has 1 aromatic heterocycles. The quantitative estimate of drug-likeness (QED) is 0.820. The van der Waals surface area contributed by atoms with E-state index in [2.05, 4.69) is 0 Å². The molecule has 0 aliphatic rings. The molecule has 1 unspecified atom stereocenters. The fourth-order valence-electron chi connectivity index (χ4n) is 1.79. The van der Waals surface area contributed by atoms with Crippen LogP contribution in [0, 0.1) is 5.92 Å². The lowest BCUT2D eigenvalue weighted by Gasteiger charge is -2.14. The molecular formula is C15H16O5. The second-order valence-corrected chi connectivity index (χ2v) is 4.31. The van der Waals surface area contributed by atoms with Crippen LogP contribution in [0.15, 0.2) is 47.1 Å². The monoisotopic (exact) mass is 276 g/mol. The van der Waals surface area contributed by atoms with E-state index in [4.69, 9.17) is 13.9 Å². The van der Waals surface area contributed by atoms with Gasteiger partial charge in [-0.25, -0.2) is 0 Å². The lowest BCUT2D eigenvalue weighted by Crippen LogP contribution is -2.25. The number of carbonyl (C=O) groups is 1. The van der Waals surface area contributed by atoms with Crippen molar-refractivity contribution in [2.45, 2.75) is 6.42 Å². The summed E-state index contributed by atoms with van der Waals surface area (Å²) < 4.78 is 15.5. The van der Waals surface area contributed by atoms with Gasteiger partial charge in [-0.3, -0.25) is 4.79 Å². The molecule has 5 heteroatoms. The first-order chi connectivity index (χ1) is 9.69. The first-order valence-electron chi connectivity index (χ1n) is 6.21. The predicted octanol–water partition coefficient (Wildman–Crippen LogP) is 2.40. The summed E-state index contributed by atoms with van der Waals surface area (Å²) in [4.78, 5) is 11.7. The third kappa shape index (κ3) is 3.78. The highest BCUT2D eigenvalue weighted by Gasteiger charge is 2.22. The van der Waals surface area contributed by atoms with Gasteiger partial charge < -0.3 is 19.0 Å². The Bertz CT molecular complexity index is 530. The Morgan fingerprint density at radius 1 is 1.30 bits per heavy atom. The number of aromatic hydroxyl groups is 1. The van der Waals surface area contributed by atoms with E-state index in [9.17, 15) is 9.90 Å². The van der Waals surface area contributed by atoms with Crippen LogP contribution in [-0.4, -0.2) is 24.8 Å². The lowest BCUT2D eigenvalue weighted by molar-refractivity contribution is -0.146. The van der Waals surface area contributed by atoms with Gasteiger partial charge in [0.2, 0.25) is 0 Å². The third-order valence-electron chi connectivity index (χ3n) is 2.85. The van der Waals surface area contributed by atoms with Gasteiger partial charge in [-0.1, -0.05) is 0 Å². The Balaban J connectivity index is 1.97. The van der Waals surface area contributed by atoms with Gasteiger partial charge in [0, 0.05) is 6.42 Å². The van der Waals surface area contributed by atoms with Crippen LogP contribution < -0.4 is 4.74 Å². The molecular weight excluding hydrogens is 260 g/mol. The van der Waals surface area contributed by atoms with E-state index in [1.165, 1.54) is 19.2 Å². The van der Waals surface area contributed by atoms with Crippen molar-refractivity contribution < 1.29 is 23.8 Å². The lowest BCUT2D eigenvalue weighted by atomic mass is 10.1. The van der Waals surface area contributed by atoms with Crippen molar-refractivity contribution in [2.75, 3.05) is 13.7 Å². The van der Waals surface area contributed by atoms with Gasteiger partial charge >= 0.3 is 5.97 Å². The Morgan fingerprint density at radius 3 is 2.65 bits per heavy atom. The van der Waals surface area contributed by atoms with Crippen molar-refractivity contribution >= 4 is 5.97 Å². The molecule has 0 aliphatic carbocycles. The first-order valence-corrected chi connectivity index (χ1v) is 6.21. The minimum absolute atomic E-state index is 0.164. The van der Waals surface area contributed by atoms with Crippen LogP contribution in [0.2, 0.25) is 0 Å². The van der Waals surface area contributed by atoms with Crippen LogP contribution >= 0.6 is 0 Å². The van der Waals surface area contributed by atoms with E-state index in [0.29, 0.717) is 17.9 Å². The maximum absolute atomic E-state index is 11.7. The first kappa shape index (κ1) is 14.0. The highest BCUT2D eigenvalue weighted by Crippen LogP contribution is 2.18. The predicted molar refractivity (Wildman–Crippen MR) is 71.5 cm³/mol. The summed E-state index contributed by atoms with van der Waals surface area (Å²) in [5.74, 6) is 0.656. The number of carbonyl (C=O) groups excluding carboxylic acids is 1. The maximum atomic E-state index is 11.7. The highest BCUT2D eigenvalue weighted by atomic mass is 16.5. The third-order valence-corrected chi connectivity index (χ3v) is 2.85. The Morgan fingerprint density at radius 2 is 2.05 bits per heavy atom. The fraction of sp³-hybridized carbons (Fsp3) is 0.267. The molecule has 0 bridgehead atoms. The zero-order valence-corrected chi connectivity index (χ0v) is 11.1. The molecule has 20 heavy (non-hydrogen) atoms. The van der Waals surface area contributed by atoms with Crippen molar-refractivity contribution in [1.82, 2.24) is 0 Å². The molecule has 0 saturated heterocycles. The minimum atomic E-state index is -0.444. The average Bonchev–Trinajstić information content (AvgIpc) is 2.97. The SMILES string of the molecule is COC(=O)C(COc1ccc(O)cc1)Cc1ccco1. The summed E-state index contributed by atoms with van der Waals surface area (Å²) in [7, 11) is 1.35. The van der Waals surface area contributed by atoms with Crippen LogP contribution in [0.25, 0.3) is 0 Å². The molecule has 1 atom stereocenters. The molecule has 0 amide bonds. The number of ether oxygens (including phenoxy) is 2. The molecule has 106 valence electrons. The molecule has 1 heterocycles. The van der Waals surface area contributed by atoms with Crippen LogP contribution in [0.3, 0.4) is 0 Å². The van der Waals surface area contributed by atoms with Crippen molar-refractivity contribution in [1.29, 1.82) is 0 Å². The average molecular weight is 276 g/mol. The topological polar surface area (TPSA) is 68.9 Å². The molecule has 0 radical (unpaired) electrons. The number of phenolic OH excluding ortho intramolecular Hbond substituents is 1. The fourth-order valence-corrected chi connectivity index (χ4v) is 1.79. The molecule has 0 fully saturated rings. The van der Waals surface area contributed by atoms with Gasteiger partial charge in [-0.05, 0) is 36.4 Å². The van der Waals surface area contributed by atoms with E-state index in [1.54, 1.807) is 30.5 Å². The number of furan rings is 1. The number of methoxy groups -OCH3 is 1.